The Morgan fingerprint density at radius 3 is 2.23 bits per heavy atom. The molecule has 0 aromatic heterocycles. The van der Waals surface area contributed by atoms with E-state index in [-0.39, 0.29) is 22.8 Å². The van der Waals surface area contributed by atoms with Crippen LogP contribution in [-0.4, -0.2) is 32.8 Å². The zero-order chi connectivity index (χ0) is 18.8. The molecule has 0 aliphatic heterocycles. The molecule has 2 saturated carbocycles. The number of nitrogens with one attached hydrogen (secondary N) is 2. The first kappa shape index (κ1) is 18.8. The maximum Gasteiger partial charge on any atom is 0.238 e. The molecule has 26 heavy (non-hydrogen) atoms. The number of carbonyl (C=O) groups excluding carboxylic acids is 2. The normalized spacial score (nSPS) is 19.1. The SMILES string of the molecule is NS(=O)(=O)c1ccc(CCNC(=O)C2(C(=O)NC3CCCC3)CC2)cc1. The van der Waals surface area contributed by atoms with E-state index in [0.717, 1.165) is 31.2 Å². The fourth-order valence-electron chi connectivity index (χ4n) is 3.41. The molecule has 0 spiro atoms. The summed E-state index contributed by atoms with van der Waals surface area (Å²) < 4.78 is 22.5. The van der Waals surface area contributed by atoms with Gasteiger partial charge in [0.05, 0.1) is 4.90 Å². The Morgan fingerprint density at radius 2 is 1.69 bits per heavy atom. The van der Waals surface area contributed by atoms with E-state index in [4.69, 9.17) is 5.14 Å². The van der Waals surface area contributed by atoms with Gasteiger partial charge in [0.2, 0.25) is 21.8 Å². The molecule has 2 aliphatic rings. The average molecular weight is 379 g/mol. The molecule has 8 heteroatoms. The number of hydrogen-bond donors (Lipinski definition) is 3. The molecule has 0 atom stereocenters. The minimum Gasteiger partial charge on any atom is -0.355 e. The molecule has 0 unspecified atom stereocenters. The molecule has 7 nitrogen and oxygen atoms in total. The Balaban J connectivity index is 1.48. The Kier molecular flexibility index (Phi) is 5.34. The highest BCUT2D eigenvalue weighted by Gasteiger charge is 2.56. The third-order valence-corrected chi connectivity index (χ3v) is 6.19. The number of carbonyl (C=O) groups is 2. The predicted octanol–water partition coefficient (Wildman–Crippen LogP) is 0.832. The van der Waals surface area contributed by atoms with Crippen LogP contribution in [0.4, 0.5) is 0 Å². The lowest BCUT2D eigenvalue weighted by Gasteiger charge is -2.18. The van der Waals surface area contributed by atoms with Crippen molar-refractivity contribution in [2.24, 2.45) is 10.6 Å². The van der Waals surface area contributed by atoms with Crippen molar-refractivity contribution in [3.05, 3.63) is 29.8 Å². The molecule has 2 fully saturated rings. The van der Waals surface area contributed by atoms with Gasteiger partial charge in [-0.2, -0.15) is 0 Å². The molecule has 2 amide bonds. The topological polar surface area (TPSA) is 118 Å². The number of benzene rings is 1. The standard InChI is InChI=1S/C18H25N3O4S/c19-26(24,25)15-7-5-13(6-8-15)9-12-20-16(22)18(10-11-18)17(23)21-14-3-1-2-4-14/h5-8,14H,1-4,9-12H2,(H,20,22)(H,21,23)(H2,19,24,25). The minimum atomic E-state index is -3.70. The van der Waals surface area contributed by atoms with E-state index in [2.05, 4.69) is 10.6 Å². The van der Waals surface area contributed by atoms with Crippen molar-refractivity contribution < 1.29 is 18.0 Å². The van der Waals surface area contributed by atoms with Crippen molar-refractivity contribution in [2.75, 3.05) is 6.54 Å². The fourth-order valence-corrected chi connectivity index (χ4v) is 3.93. The Bertz CT molecular complexity index is 779. The molecule has 1 aromatic carbocycles. The molecular formula is C18H25N3O4S. The summed E-state index contributed by atoms with van der Waals surface area (Å²) in [6, 6.07) is 6.45. The Hall–Kier alpha value is -1.93. The summed E-state index contributed by atoms with van der Waals surface area (Å²) in [4.78, 5) is 25.0. The van der Waals surface area contributed by atoms with Crippen molar-refractivity contribution in [3.8, 4) is 0 Å². The smallest absolute Gasteiger partial charge is 0.238 e. The third-order valence-electron chi connectivity index (χ3n) is 5.26. The summed E-state index contributed by atoms with van der Waals surface area (Å²) in [6.45, 7) is 0.395. The monoisotopic (exact) mass is 379 g/mol. The summed E-state index contributed by atoms with van der Waals surface area (Å²) in [5.74, 6) is -0.353. The summed E-state index contributed by atoms with van der Waals surface area (Å²) >= 11 is 0. The number of hydrogen-bond acceptors (Lipinski definition) is 4. The lowest BCUT2D eigenvalue weighted by Crippen LogP contribution is -2.46. The Morgan fingerprint density at radius 1 is 1.08 bits per heavy atom. The maximum absolute atomic E-state index is 12.5. The first-order chi connectivity index (χ1) is 12.3. The maximum atomic E-state index is 12.5. The van der Waals surface area contributed by atoms with E-state index in [1.807, 2.05) is 0 Å². The van der Waals surface area contributed by atoms with Gasteiger partial charge in [0.1, 0.15) is 5.41 Å². The Labute approximate surface area is 153 Å². The highest BCUT2D eigenvalue weighted by atomic mass is 32.2. The van der Waals surface area contributed by atoms with Crippen LogP contribution < -0.4 is 15.8 Å². The third kappa shape index (κ3) is 4.24. The van der Waals surface area contributed by atoms with Crippen molar-refractivity contribution >= 4 is 21.8 Å². The lowest BCUT2D eigenvalue weighted by molar-refractivity contribution is -0.137. The van der Waals surface area contributed by atoms with Crippen molar-refractivity contribution in [3.63, 3.8) is 0 Å². The van der Waals surface area contributed by atoms with Crippen LogP contribution in [0.3, 0.4) is 0 Å². The largest absolute Gasteiger partial charge is 0.355 e. The van der Waals surface area contributed by atoms with Gasteiger partial charge in [-0.25, -0.2) is 13.6 Å². The number of rotatable bonds is 7. The lowest BCUT2D eigenvalue weighted by atomic mass is 10.0. The zero-order valence-electron chi connectivity index (χ0n) is 14.7. The summed E-state index contributed by atoms with van der Waals surface area (Å²) in [7, 11) is -3.70. The number of amides is 2. The van der Waals surface area contributed by atoms with E-state index < -0.39 is 15.4 Å². The van der Waals surface area contributed by atoms with Crippen molar-refractivity contribution in [1.29, 1.82) is 0 Å². The molecule has 2 aliphatic carbocycles. The van der Waals surface area contributed by atoms with Gasteiger partial charge in [-0.1, -0.05) is 25.0 Å². The molecule has 4 N–H and O–H groups in total. The summed E-state index contributed by atoms with van der Waals surface area (Å²) in [5.41, 5.74) is -0.00182. The quantitative estimate of drug-likeness (QED) is 0.608. The van der Waals surface area contributed by atoms with Crippen LogP contribution in [-0.2, 0) is 26.0 Å². The molecule has 0 heterocycles. The van der Waals surface area contributed by atoms with Gasteiger partial charge < -0.3 is 10.6 Å². The van der Waals surface area contributed by atoms with E-state index in [1.165, 1.54) is 12.1 Å². The van der Waals surface area contributed by atoms with Crippen LogP contribution in [0.5, 0.6) is 0 Å². The molecule has 142 valence electrons. The molecule has 3 rings (SSSR count). The van der Waals surface area contributed by atoms with Gasteiger partial charge in [-0.15, -0.1) is 0 Å². The van der Waals surface area contributed by atoms with Crippen LogP contribution in [0.15, 0.2) is 29.2 Å². The predicted molar refractivity (Wildman–Crippen MR) is 96.6 cm³/mol. The molecule has 1 aromatic rings. The molecule has 0 radical (unpaired) electrons. The van der Waals surface area contributed by atoms with Crippen LogP contribution in [0.25, 0.3) is 0 Å². The van der Waals surface area contributed by atoms with E-state index in [9.17, 15) is 18.0 Å². The first-order valence-electron chi connectivity index (χ1n) is 9.02. The van der Waals surface area contributed by atoms with E-state index in [0.29, 0.717) is 25.8 Å². The second kappa shape index (κ2) is 7.36. The zero-order valence-corrected chi connectivity index (χ0v) is 15.5. The fraction of sp³-hybridized carbons (Fsp3) is 0.556. The van der Waals surface area contributed by atoms with E-state index in [1.54, 1.807) is 12.1 Å². The average Bonchev–Trinajstić information content (AvgIpc) is 3.26. The van der Waals surface area contributed by atoms with Crippen LogP contribution in [0.2, 0.25) is 0 Å². The van der Waals surface area contributed by atoms with Gasteiger partial charge in [0, 0.05) is 12.6 Å². The number of primary sulfonamides is 1. The van der Waals surface area contributed by atoms with Gasteiger partial charge in [0.15, 0.2) is 0 Å². The molecular weight excluding hydrogens is 354 g/mol. The van der Waals surface area contributed by atoms with Crippen molar-refractivity contribution in [1.82, 2.24) is 10.6 Å². The number of sulfonamides is 1. The van der Waals surface area contributed by atoms with Gasteiger partial charge >= 0.3 is 0 Å². The molecule has 0 bridgehead atoms. The van der Waals surface area contributed by atoms with Gasteiger partial charge in [0.25, 0.3) is 0 Å². The number of nitrogens with two attached hydrogens (primary N) is 1. The highest BCUT2D eigenvalue weighted by molar-refractivity contribution is 7.89. The second-order valence-corrected chi connectivity index (χ2v) is 8.79. The highest BCUT2D eigenvalue weighted by Crippen LogP contribution is 2.46. The summed E-state index contributed by atoms with van der Waals surface area (Å²) in [6.07, 6.45) is 6.01. The minimum absolute atomic E-state index is 0.0609. The second-order valence-electron chi connectivity index (χ2n) is 7.23. The molecule has 0 saturated heterocycles. The van der Waals surface area contributed by atoms with Crippen LogP contribution in [0.1, 0.15) is 44.1 Å². The van der Waals surface area contributed by atoms with Crippen molar-refractivity contribution in [2.45, 2.75) is 55.9 Å². The first-order valence-corrected chi connectivity index (χ1v) is 10.6. The van der Waals surface area contributed by atoms with E-state index >= 15 is 0 Å². The van der Waals surface area contributed by atoms with Crippen LogP contribution >= 0.6 is 0 Å². The summed E-state index contributed by atoms with van der Waals surface area (Å²) in [5, 5.41) is 10.9. The van der Waals surface area contributed by atoms with Gasteiger partial charge in [-0.05, 0) is 49.8 Å². The van der Waals surface area contributed by atoms with Crippen LogP contribution in [0, 0.1) is 5.41 Å². The van der Waals surface area contributed by atoms with Gasteiger partial charge in [-0.3, -0.25) is 9.59 Å².